The summed E-state index contributed by atoms with van der Waals surface area (Å²) in [5, 5.41) is 15.7. The van der Waals surface area contributed by atoms with E-state index in [1.54, 1.807) is 33.1 Å². The fourth-order valence-electron chi connectivity index (χ4n) is 3.04. The first-order valence-electron chi connectivity index (χ1n) is 9.51. The van der Waals surface area contributed by atoms with Crippen molar-refractivity contribution in [2.75, 3.05) is 6.79 Å². The molecule has 3 atom stereocenters. The van der Waals surface area contributed by atoms with E-state index in [1.165, 1.54) is 28.4 Å². The number of rotatable bonds is 6. The summed E-state index contributed by atoms with van der Waals surface area (Å²) >= 11 is 1.30. The number of aryl methyl sites for hydroxylation is 1. The number of carbonyl (C=O) groups is 4. The molecule has 0 radical (unpaired) electrons. The van der Waals surface area contributed by atoms with E-state index in [4.69, 9.17) is 9.47 Å². The molecule has 1 aromatic heterocycles. The zero-order valence-electron chi connectivity index (χ0n) is 17.8. The third-order valence-electron chi connectivity index (χ3n) is 4.53. The van der Waals surface area contributed by atoms with Crippen LogP contribution in [0.15, 0.2) is 11.0 Å². The second kappa shape index (κ2) is 8.65. The van der Waals surface area contributed by atoms with E-state index in [2.05, 4.69) is 20.7 Å². The Morgan fingerprint density at radius 3 is 2.55 bits per heavy atom. The number of amides is 2. The van der Waals surface area contributed by atoms with Crippen LogP contribution in [0.5, 0.6) is 0 Å². The first kappa shape index (κ1) is 22.7. The Labute approximate surface area is 182 Å². The summed E-state index contributed by atoms with van der Waals surface area (Å²) in [6.07, 6.45) is 0. The van der Waals surface area contributed by atoms with Crippen molar-refractivity contribution in [1.29, 1.82) is 0 Å². The molecule has 0 aliphatic carbocycles. The molecule has 0 bridgehead atoms. The molecule has 0 saturated carbocycles. The molecule has 1 fully saturated rings. The van der Waals surface area contributed by atoms with Crippen molar-refractivity contribution in [2.45, 2.75) is 58.6 Å². The van der Waals surface area contributed by atoms with E-state index in [0.717, 1.165) is 0 Å². The van der Waals surface area contributed by atoms with Crippen LogP contribution >= 0.6 is 11.8 Å². The SMILES string of the molecule is CC(=O)N[C@@H]1C(=O)N2C(C(=O)OCOC(=O)C(C)(C)C)C(Cn3nnc(C)n3)=CS[C@H]12. The zero-order valence-corrected chi connectivity index (χ0v) is 18.6. The van der Waals surface area contributed by atoms with E-state index in [9.17, 15) is 19.2 Å². The summed E-state index contributed by atoms with van der Waals surface area (Å²) in [5.74, 6) is -1.58. The highest BCUT2D eigenvalue weighted by molar-refractivity contribution is 8.02. The maximum atomic E-state index is 12.9. The fraction of sp³-hybridized carbons (Fsp3) is 0.611. The van der Waals surface area contributed by atoms with Gasteiger partial charge in [0.2, 0.25) is 18.6 Å². The van der Waals surface area contributed by atoms with E-state index in [1.807, 2.05) is 0 Å². The Kier molecular flexibility index (Phi) is 6.34. The maximum Gasteiger partial charge on any atom is 0.336 e. The monoisotopic (exact) mass is 452 g/mol. The third kappa shape index (κ3) is 4.86. The number of thioether (sulfide) groups is 1. The lowest BCUT2D eigenvalue weighted by atomic mass is 9.97. The van der Waals surface area contributed by atoms with Crippen molar-refractivity contribution >= 4 is 35.5 Å². The summed E-state index contributed by atoms with van der Waals surface area (Å²) in [6, 6.07) is -1.80. The smallest absolute Gasteiger partial charge is 0.336 e. The van der Waals surface area contributed by atoms with Gasteiger partial charge in [-0.15, -0.1) is 22.0 Å². The molecule has 168 valence electrons. The average molecular weight is 452 g/mol. The number of aromatic nitrogens is 4. The Bertz CT molecular complexity index is 938. The molecule has 3 rings (SSSR count). The van der Waals surface area contributed by atoms with Crippen LogP contribution in [0.3, 0.4) is 0 Å². The number of esters is 2. The summed E-state index contributed by atoms with van der Waals surface area (Å²) in [6.45, 7) is 7.55. The predicted octanol–water partition coefficient (Wildman–Crippen LogP) is -0.256. The first-order valence-corrected chi connectivity index (χ1v) is 10.5. The number of ether oxygens (including phenoxy) is 2. The largest absolute Gasteiger partial charge is 0.427 e. The molecule has 13 heteroatoms. The van der Waals surface area contributed by atoms with Gasteiger partial charge in [-0.2, -0.15) is 4.80 Å². The van der Waals surface area contributed by atoms with Crippen molar-refractivity contribution in [3.05, 3.63) is 16.8 Å². The highest BCUT2D eigenvalue weighted by Crippen LogP contribution is 2.40. The molecule has 2 aliphatic rings. The fourth-order valence-corrected chi connectivity index (χ4v) is 4.25. The molecule has 1 aromatic rings. The summed E-state index contributed by atoms with van der Waals surface area (Å²) in [4.78, 5) is 51.5. The maximum absolute atomic E-state index is 12.9. The molecule has 1 N–H and O–H groups in total. The predicted molar refractivity (Wildman–Crippen MR) is 107 cm³/mol. The van der Waals surface area contributed by atoms with Gasteiger partial charge in [-0.3, -0.25) is 14.4 Å². The van der Waals surface area contributed by atoms with Crippen molar-refractivity contribution in [3.8, 4) is 0 Å². The quantitative estimate of drug-likeness (QED) is 0.348. The number of nitrogens with one attached hydrogen (secondary N) is 1. The normalized spacial score (nSPS) is 22.7. The third-order valence-corrected chi connectivity index (χ3v) is 5.75. The van der Waals surface area contributed by atoms with Gasteiger partial charge >= 0.3 is 11.9 Å². The summed E-state index contributed by atoms with van der Waals surface area (Å²) in [7, 11) is 0. The van der Waals surface area contributed by atoms with Crippen LogP contribution in [0.4, 0.5) is 0 Å². The summed E-state index contributed by atoms with van der Waals surface area (Å²) < 4.78 is 10.2. The Morgan fingerprint density at radius 1 is 1.26 bits per heavy atom. The number of tetrazole rings is 1. The first-order chi connectivity index (χ1) is 14.5. The van der Waals surface area contributed by atoms with Crippen molar-refractivity contribution in [3.63, 3.8) is 0 Å². The minimum absolute atomic E-state index is 0.108. The lowest BCUT2D eigenvalue weighted by Crippen LogP contribution is -2.74. The molecule has 2 amide bonds. The van der Waals surface area contributed by atoms with Gasteiger partial charge in [0.15, 0.2) is 11.9 Å². The van der Waals surface area contributed by atoms with Crippen LogP contribution < -0.4 is 5.32 Å². The van der Waals surface area contributed by atoms with Gasteiger partial charge in [0.25, 0.3) is 0 Å². The van der Waals surface area contributed by atoms with Crippen molar-refractivity contribution in [1.82, 2.24) is 30.4 Å². The van der Waals surface area contributed by atoms with Crippen LogP contribution in [0.1, 0.15) is 33.5 Å². The Hall–Kier alpha value is -2.96. The van der Waals surface area contributed by atoms with E-state index in [0.29, 0.717) is 11.4 Å². The molecule has 2 aliphatic heterocycles. The lowest BCUT2D eigenvalue weighted by molar-refractivity contribution is -0.179. The molecule has 0 aromatic carbocycles. The van der Waals surface area contributed by atoms with Gasteiger partial charge in [-0.25, -0.2) is 4.79 Å². The highest BCUT2D eigenvalue weighted by atomic mass is 32.2. The minimum atomic E-state index is -1.07. The Balaban J connectivity index is 1.76. The van der Waals surface area contributed by atoms with Crippen molar-refractivity contribution < 1.29 is 28.7 Å². The van der Waals surface area contributed by atoms with Crippen LogP contribution in [-0.4, -0.2) is 73.1 Å². The average Bonchev–Trinajstić information content (AvgIpc) is 3.09. The second-order valence-electron chi connectivity index (χ2n) is 8.18. The molecule has 1 saturated heterocycles. The number of carbonyl (C=O) groups excluding carboxylic acids is 4. The lowest BCUT2D eigenvalue weighted by Gasteiger charge is -2.51. The number of nitrogens with zero attached hydrogens (tertiary/aromatic N) is 5. The van der Waals surface area contributed by atoms with E-state index < -0.39 is 47.5 Å². The van der Waals surface area contributed by atoms with E-state index in [-0.39, 0.29) is 12.5 Å². The van der Waals surface area contributed by atoms with Crippen molar-refractivity contribution in [2.24, 2.45) is 5.41 Å². The van der Waals surface area contributed by atoms with Gasteiger partial charge in [0, 0.05) is 6.92 Å². The van der Waals surface area contributed by atoms with Crippen LogP contribution in [0, 0.1) is 12.3 Å². The van der Waals surface area contributed by atoms with Gasteiger partial charge in [-0.1, -0.05) is 0 Å². The number of fused-ring (bicyclic) bond motifs is 1. The molecular weight excluding hydrogens is 428 g/mol. The topological polar surface area (TPSA) is 146 Å². The molecule has 3 heterocycles. The number of β-lactam (4-membered cyclic amide) rings is 1. The van der Waals surface area contributed by atoms with Gasteiger partial charge < -0.3 is 19.7 Å². The number of hydrogen-bond acceptors (Lipinski definition) is 10. The molecule has 12 nitrogen and oxygen atoms in total. The number of hydrogen-bond donors (Lipinski definition) is 1. The zero-order chi connectivity index (χ0) is 22.9. The molecule has 1 unspecified atom stereocenters. The van der Waals surface area contributed by atoms with Gasteiger partial charge in [0.05, 0.1) is 12.0 Å². The minimum Gasteiger partial charge on any atom is -0.427 e. The molecule has 31 heavy (non-hydrogen) atoms. The highest BCUT2D eigenvalue weighted by Gasteiger charge is 2.56. The Morgan fingerprint density at radius 2 is 1.97 bits per heavy atom. The second-order valence-corrected chi connectivity index (χ2v) is 9.17. The van der Waals surface area contributed by atoms with Crippen LogP contribution in [-0.2, 0) is 35.2 Å². The van der Waals surface area contributed by atoms with Gasteiger partial charge in [-0.05, 0) is 43.9 Å². The summed E-state index contributed by atoms with van der Waals surface area (Å²) in [5.41, 5.74) is -0.236. The standard InChI is InChI=1S/C18H24N6O6S/c1-9-20-22-23(21-9)6-11-7-31-15-12(19-10(2)25)14(26)24(15)13(11)16(27)29-8-30-17(28)18(3,4)5/h7,12-13,15H,6,8H2,1-5H3,(H,19,25)/t12-,13?,15-/m1/s1. The van der Waals surface area contributed by atoms with Crippen LogP contribution in [0.25, 0.3) is 0 Å². The molecular formula is C18H24N6O6S. The van der Waals surface area contributed by atoms with Gasteiger partial charge in [0.1, 0.15) is 11.4 Å². The van der Waals surface area contributed by atoms with Crippen LogP contribution in [0.2, 0.25) is 0 Å². The molecule has 0 spiro atoms. The van der Waals surface area contributed by atoms with E-state index >= 15 is 0 Å².